The minimum absolute atomic E-state index is 0.0115. The Labute approximate surface area is 159 Å². The van der Waals surface area contributed by atoms with E-state index in [9.17, 15) is 4.79 Å². The number of benzene rings is 1. The van der Waals surface area contributed by atoms with E-state index in [0.29, 0.717) is 19.0 Å². The van der Waals surface area contributed by atoms with Gasteiger partial charge in [0.1, 0.15) is 11.2 Å². The Morgan fingerprint density at radius 1 is 1.11 bits per heavy atom. The first-order chi connectivity index (χ1) is 13.1. The van der Waals surface area contributed by atoms with Crippen molar-refractivity contribution in [2.75, 3.05) is 11.4 Å². The normalized spacial score (nSPS) is 13.3. The predicted molar refractivity (Wildman–Crippen MR) is 105 cm³/mol. The quantitative estimate of drug-likeness (QED) is 0.536. The van der Waals surface area contributed by atoms with Crippen LogP contribution in [0.25, 0.3) is 32.9 Å². The molecule has 3 aromatic heterocycles. The molecule has 1 aliphatic heterocycles. The Morgan fingerprint density at radius 2 is 1.96 bits per heavy atom. The number of rotatable bonds is 2. The van der Waals surface area contributed by atoms with Crippen LogP contribution in [0.2, 0.25) is 0 Å². The van der Waals surface area contributed by atoms with Crippen LogP contribution in [0.4, 0.5) is 5.95 Å². The molecule has 1 amide bonds. The molecule has 4 heterocycles. The topological polar surface area (TPSA) is 76.8 Å². The number of imidazole rings is 1. The number of carbonyl (C=O) groups is 1. The van der Waals surface area contributed by atoms with Crippen molar-refractivity contribution in [3.63, 3.8) is 0 Å². The van der Waals surface area contributed by atoms with Gasteiger partial charge >= 0.3 is 0 Å². The van der Waals surface area contributed by atoms with E-state index >= 15 is 0 Å². The maximum absolute atomic E-state index is 12.1. The molecule has 0 saturated heterocycles. The van der Waals surface area contributed by atoms with Gasteiger partial charge in [-0.1, -0.05) is 22.7 Å². The third-order valence-corrected chi connectivity index (χ3v) is 5.47. The molecule has 0 saturated carbocycles. The second kappa shape index (κ2) is 5.95. The van der Waals surface area contributed by atoms with Crippen molar-refractivity contribution in [2.24, 2.45) is 0 Å². The summed E-state index contributed by atoms with van der Waals surface area (Å²) in [4.78, 5) is 23.3. The summed E-state index contributed by atoms with van der Waals surface area (Å²) in [5.41, 5.74) is 5.22. The lowest BCUT2D eigenvalue weighted by molar-refractivity contribution is -0.116. The number of aromatic nitrogens is 5. The van der Waals surface area contributed by atoms with E-state index in [1.54, 1.807) is 11.8 Å². The van der Waals surface area contributed by atoms with Gasteiger partial charge < -0.3 is 4.57 Å². The molecule has 0 aliphatic carbocycles. The minimum atomic E-state index is -0.0115. The number of anilines is 1. The Hall–Kier alpha value is -3.13. The Morgan fingerprint density at radius 3 is 2.78 bits per heavy atom. The fraction of sp³-hybridized carbons (Fsp3) is 0.211. The van der Waals surface area contributed by atoms with Crippen LogP contribution in [-0.2, 0) is 11.3 Å². The van der Waals surface area contributed by atoms with Gasteiger partial charge in [0.05, 0.1) is 16.1 Å². The Kier molecular flexibility index (Phi) is 3.54. The molecule has 4 aromatic rings. The number of nitrogens with zero attached hydrogens (tertiary/aromatic N) is 6. The highest BCUT2D eigenvalue weighted by atomic mass is 32.1. The fourth-order valence-corrected chi connectivity index (χ4v) is 4.17. The largest absolute Gasteiger partial charge is 0.307 e. The van der Waals surface area contributed by atoms with E-state index in [1.165, 1.54) is 11.5 Å². The van der Waals surface area contributed by atoms with Crippen molar-refractivity contribution in [1.29, 1.82) is 0 Å². The fourth-order valence-electron chi connectivity index (χ4n) is 3.58. The Balaban J connectivity index is 1.83. The van der Waals surface area contributed by atoms with E-state index in [1.807, 2.05) is 43.3 Å². The molecule has 5 rings (SSSR count). The van der Waals surface area contributed by atoms with E-state index in [0.717, 1.165) is 38.6 Å². The van der Waals surface area contributed by atoms with Crippen molar-refractivity contribution >= 4 is 33.6 Å². The zero-order valence-electron chi connectivity index (χ0n) is 14.9. The first-order valence-corrected chi connectivity index (χ1v) is 9.45. The van der Waals surface area contributed by atoms with Crippen molar-refractivity contribution in [3.8, 4) is 22.6 Å². The number of amides is 1. The van der Waals surface area contributed by atoms with Crippen LogP contribution < -0.4 is 4.90 Å². The molecule has 7 nitrogen and oxygen atoms in total. The zero-order valence-corrected chi connectivity index (χ0v) is 15.7. The maximum Gasteiger partial charge on any atom is 0.226 e. The van der Waals surface area contributed by atoms with E-state index in [4.69, 9.17) is 4.98 Å². The molecular formula is C19H16N6OS. The second-order valence-corrected chi connectivity index (χ2v) is 7.31. The van der Waals surface area contributed by atoms with Gasteiger partial charge in [-0.05, 0) is 36.7 Å². The summed E-state index contributed by atoms with van der Waals surface area (Å²) in [6.45, 7) is 4.84. The number of hydrogen-bond acceptors (Lipinski definition) is 6. The molecule has 1 aromatic carbocycles. The van der Waals surface area contributed by atoms with Crippen molar-refractivity contribution in [1.82, 2.24) is 24.1 Å². The molecule has 0 fully saturated rings. The van der Waals surface area contributed by atoms with E-state index in [-0.39, 0.29) is 5.91 Å². The molecule has 0 bridgehead atoms. The first-order valence-electron chi connectivity index (χ1n) is 8.67. The van der Waals surface area contributed by atoms with Crippen LogP contribution in [0, 0.1) is 6.92 Å². The number of aryl methyl sites for hydroxylation is 1. The van der Waals surface area contributed by atoms with Crippen molar-refractivity contribution in [2.45, 2.75) is 20.4 Å². The predicted octanol–water partition coefficient (Wildman–Crippen LogP) is 3.29. The third kappa shape index (κ3) is 2.44. The highest BCUT2D eigenvalue weighted by Gasteiger charge is 2.31. The molecule has 0 spiro atoms. The van der Waals surface area contributed by atoms with E-state index in [2.05, 4.69) is 19.1 Å². The van der Waals surface area contributed by atoms with Gasteiger partial charge in [-0.25, -0.2) is 4.98 Å². The molecule has 1 aliphatic rings. The lowest BCUT2D eigenvalue weighted by atomic mass is 10.1. The summed E-state index contributed by atoms with van der Waals surface area (Å²) >= 11 is 1.37. The van der Waals surface area contributed by atoms with Gasteiger partial charge in [0.25, 0.3) is 0 Å². The van der Waals surface area contributed by atoms with Crippen LogP contribution in [0.3, 0.4) is 0 Å². The van der Waals surface area contributed by atoms with Gasteiger partial charge in [0, 0.05) is 31.3 Å². The highest BCUT2D eigenvalue weighted by Crippen LogP contribution is 2.40. The summed E-state index contributed by atoms with van der Waals surface area (Å²) < 4.78 is 7.22. The summed E-state index contributed by atoms with van der Waals surface area (Å²) in [6.07, 6.45) is 0. The molecule has 134 valence electrons. The molecular weight excluding hydrogens is 360 g/mol. The van der Waals surface area contributed by atoms with Crippen molar-refractivity contribution < 1.29 is 4.79 Å². The summed E-state index contributed by atoms with van der Waals surface area (Å²) in [5, 5.41) is 4.33. The molecule has 0 atom stereocenters. The van der Waals surface area contributed by atoms with Gasteiger partial charge in [-0.3, -0.25) is 14.7 Å². The molecule has 0 radical (unpaired) electrons. The van der Waals surface area contributed by atoms with Crippen molar-refractivity contribution in [3.05, 3.63) is 42.1 Å². The van der Waals surface area contributed by atoms with Crippen LogP contribution in [0.5, 0.6) is 0 Å². The first kappa shape index (κ1) is 16.1. The van der Waals surface area contributed by atoms with Gasteiger partial charge in [0.2, 0.25) is 11.9 Å². The Bertz CT molecular complexity index is 1190. The summed E-state index contributed by atoms with van der Waals surface area (Å²) in [6, 6.07) is 11.9. The minimum Gasteiger partial charge on any atom is -0.307 e. The highest BCUT2D eigenvalue weighted by molar-refractivity contribution is 7.13. The maximum atomic E-state index is 12.1. The standard InChI is InChI=1S/C19H16N6OS/c1-11-5-3-7-14(20-11)17-18(13-6-4-8-15-16(13)22-23-27-15)25-10-9-24(12(2)26)19(25)21-17/h3-8H,9-10H2,1-2H3. The average molecular weight is 376 g/mol. The third-order valence-electron chi connectivity index (χ3n) is 4.78. The summed E-state index contributed by atoms with van der Waals surface area (Å²) in [7, 11) is 0. The van der Waals surface area contributed by atoms with Crippen LogP contribution in [-0.4, -0.2) is 36.6 Å². The molecule has 0 N–H and O–H groups in total. The number of hydrogen-bond donors (Lipinski definition) is 0. The van der Waals surface area contributed by atoms with Gasteiger partial charge in [-0.15, -0.1) is 5.10 Å². The summed E-state index contributed by atoms with van der Waals surface area (Å²) in [5.74, 6) is 0.651. The smallest absolute Gasteiger partial charge is 0.226 e. The second-order valence-electron chi connectivity index (χ2n) is 6.52. The number of fused-ring (bicyclic) bond motifs is 2. The SMILES string of the molecule is CC(=O)N1CCn2c1nc(-c1cccc(C)n1)c2-c1cccc2snnc12. The van der Waals surface area contributed by atoms with Gasteiger partial charge in [-0.2, -0.15) is 0 Å². The molecule has 8 heteroatoms. The number of carbonyl (C=O) groups excluding carboxylic acids is 1. The van der Waals surface area contributed by atoms with Crippen LogP contribution >= 0.6 is 11.5 Å². The molecule has 0 unspecified atom stereocenters. The number of pyridine rings is 1. The lowest BCUT2D eigenvalue weighted by Crippen LogP contribution is -2.26. The van der Waals surface area contributed by atoms with Crippen LogP contribution in [0.1, 0.15) is 12.6 Å². The van der Waals surface area contributed by atoms with E-state index < -0.39 is 0 Å². The van der Waals surface area contributed by atoms with Gasteiger partial charge in [0.15, 0.2) is 0 Å². The molecule has 27 heavy (non-hydrogen) atoms. The lowest BCUT2D eigenvalue weighted by Gasteiger charge is -2.09. The van der Waals surface area contributed by atoms with Crippen LogP contribution in [0.15, 0.2) is 36.4 Å². The monoisotopic (exact) mass is 376 g/mol. The zero-order chi connectivity index (χ0) is 18.5. The average Bonchev–Trinajstić information content (AvgIpc) is 3.35.